The molecule has 0 N–H and O–H groups in total. The van der Waals surface area contributed by atoms with Gasteiger partial charge in [0.15, 0.2) is 6.10 Å². The molecular weight excluding hydrogens is 805 g/mol. The zero-order chi connectivity index (χ0) is 47.2. The minimum Gasteiger partial charge on any atom is -0.462 e. The van der Waals surface area contributed by atoms with E-state index in [9.17, 15) is 14.4 Å². The van der Waals surface area contributed by atoms with Crippen molar-refractivity contribution in [3.05, 3.63) is 72.9 Å². The Morgan fingerprint density at radius 2 is 0.615 bits per heavy atom. The molecule has 0 saturated heterocycles. The number of rotatable bonds is 49. The lowest BCUT2D eigenvalue weighted by atomic mass is 10.0. The van der Waals surface area contributed by atoms with Crippen molar-refractivity contribution in [3.63, 3.8) is 0 Å². The van der Waals surface area contributed by atoms with Crippen LogP contribution in [-0.4, -0.2) is 37.2 Å². The van der Waals surface area contributed by atoms with Gasteiger partial charge in [-0.2, -0.15) is 0 Å². The van der Waals surface area contributed by atoms with Gasteiger partial charge in [0.1, 0.15) is 13.2 Å². The molecule has 0 heterocycles. The molecule has 0 saturated carbocycles. The first-order chi connectivity index (χ1) is 32.0. The highest BCUT2D eigenvalue weighted by atomic mass is 16.6. The smallest absolute Gasteiger partial charge is 0.306 e. The highest BCUT2D eigenvalue weighted by Gasteiger charge is 2.19. The summed E-state index contributed by atoms with van der Waals surface area (Å²) < 4.78 is 16.6. The third kappa shape index (κ3) is 51.7. The van der Waals surface area contributed by atoms with Crippen LogP contribution < -0.4 is 0 Å². The van der Waals surface area contributed by atoms with Crippen LogP contribution in [0.1, 0.15) is 265 Å². The predicted octanol–water partition coefficient (Wildman–Crippen LogP) is 18.2. The molecule has 0 rings (SSSR count). The summed E-state index contributed by atoms with van der Waals surface area (Å²) in [5.74, 6) is -0.898. The minimum atomic E-state index is -0.772. The Kier molecular flexibility index (Phi) is 50.9. The van der Waals surface area contributed by atoms with Gasteiger partial charge in [-0.3, -0.25) is 14.4 Å². The predicted molar refractivity (Wildman–Crippen MR) is 279 cm³/mol. The SMILES string of the molecule is CC/C=C\C/C=C\C/C=C\C/C=C\C/C=C\CCCCCCCCCCCCCCCCCC(=O)OCC(COC(=O)CCCCCCC)OC(=O)CCCCCCC/C=C\CCCC. The molecule has 0 aromatic carbocycles. The first-order valence-corrected chi connectivity index (χ1v) is 27.4. The lowest BCUT2D eigenvalue weighted by molar-refractivity contribution is -0.167. The summed E-state index contributed by atoms with van der Waals surface area (Å²) in [7, 11) is 0. The van der Waals surface area contributed by atoms with Crippen molar-refractivity contribution < 1.29 is 28.6 Å². The average Bonchev–Trinajstić information content (AvgIpc) is 3.30. The zero-order valence-corrected chi connectivity index (χ0v) is 42.7. The number of hydrogen-bond acceptors (Lipinski definition) is 6. The van der Waals surface area contributed by atoms with Crippen LogP contribution >= 0.6 is 0 Å². The van der Waals surface area contributed by atoms with E-state index in [1.54, 1.807) is 0 Å². The second-order valence-corrected chi connectivity index (χ2v) is 18.1. The second-order valence-electron chi connectivity index (χ2n) is 18.1. The maximum absolute atomic E-state index is 12.7. The van der Waals surface area contributed by atoms with Crippen LogP contribution in [0.15, 0.2) is 72.9 Å². The normalized spacial score (nSPS) is 12.6. The van der Waals surface area contributed by atoms with Gasteiger partial charge in [-0.15, -0.1) is 0 Å². The quantitative estimate of drug-likeness (QED) is 0.0262. The van der Waals surface area contributed by atoms with E-state index >= 15 is 0 Å². The molecule has 0 aliphatic carbocycles. The Hall–Kier alpha value is -3.15. The van der Waals surface area contributed by atoms with Crippen molar-refractivity contribution in [2.75, 3.05) is 13.2 Å². The third-order valence-electron chi connectivity index (χ3n) is 11.7. The molecule has 1 unspecified atom stereocenters. The topological polar surface area (TPSA) is 78.9 Å². The summed E-state index contributed by atoms with van der Waals surface area (Å²) in [6.07, 6.45) is 68.1. The van der Waals surface area contributed by atoms with E-state index in [-0.39, 0.29) is 31.1 Å². The van der Waals surface area contributed by atoms with Gasteiger partial charge < -0.3 is 14.2 Å². The molecule has 6 nitrogen and oxygen atoms in total. The van der Waals surface area contributed by atoms with Crippen molar-refractivity contribution in [1.29, 1.82) is 0 Å². The molecule has 1 atom stereocenters. The van der Waals surface area contributed by atoms with Crippen molar-refractivity contribution in [1.82, 2.24) is 0 Å². The van der Waals surface area contributed by atoms with Gasteiger partial charge in [0.05, 0.1) is 0 Å². The number of hydrogen-bond donors (Lipinski definition) is 0. The fraction of sp³-hybridized carbons (Fsp3) is 0.746. The van der Waals surface area contributed by atoms with E-state index in [1.165, 1.54) is 116 Å². The van der Waals surface area contributed by atoms with Crippen LogP contribution in [0.25, 0.3) is 0 Å². The number of unbranched alkanes of at least 4 members (excludes halogenated alkanes) is 26. The summed E-state index contributed by atoms with van der Waals surface area (Å²) >= 11 is 0. The monoisotopic (exact) mass is 907 g/mol. The van der Waals surface area contributed by atoms with E-state index in [4.69, 9.17) is 14.2 Å². The van der Waals surface area contributed by atoms with Crippen LogP contribution in [0, 0.1) is 0 Å². The number of carbonyl (C=O) groups excluding carboxylic acids is 3. The van der Waals surface area contributed by atoms with Crippen molar-refractivity contribution in [3.8, 4) is 0 Å². The van der Waals surface area contributed by atoms with E-state index < -0.39 is 6.10 Å². The molecular formula is C59H102O6. The Labute approximate surface area is 402 Å². The van der Waals surface area contributed by atoms with Crippen molar-refractivity contribution in [2.45, 2.75) is 271 Å². The number of allylic oxidation sites excluding steroid dienone is 12. The Balaban J connectivity index is 3.94. The van der Waals surface area contributed by atoms with E-state index in [0.29, 0.717) is 19.3 Å². The van der Waals surface area contributed by atoms with E-state index in [0.717, 1.165) is 109 Å². The molecule has 0 aromatic heterocycles. The molecule has 0 fully saturated rings. The Morgan fingerprint density at radius 1 is 0.323 bits per heavy atom. The van der Waals surface area contributed by atoms with Crippen LogP contribution in [0.4, 0.5) is 0 Å². The summed E-state index contributed by atoms with van der Waals surface area (Å²) in [6, 6.07) is 0. The highest BCUT2D eigenvalue weighted by molar-refractivity contribution is 5.71. The highest BCUT2D eigenvalue weighted by Crippen LogP contribution is 2.16. The Morgan fingerprint density at radius 3 is 1.00 bits per heavy atom. The van der Waals surface area contributed by atoms with Crippen LogP contribution in [0.5, 0.6) is 0 Å². The van der Waals surface area contributed by atoms with Crippen molar-refractivity contribution in [2.24, 2.45) is 0 Å². The molecule has 0 spiro atoms. The van der Waals surface area contributed by atoms with Crippen LogP contribution in [0.3, 0.4) is 0 Å². The maximum Gasteiger partial charge on any atom is 0.306 e. The number of carbonyl (C=O) groups is 3. The van der Waals surface area contributed by atoms with Gasteiger partial charge in [0.2, 0.25) is 0 Å². The first-order valence-electron chi connectivity index (χ1n) is 27.4. The summed E-state index contributed by atoms with van der Waals surface area (Å²) in [5.41, 5.74) is 0. The van der Waals surface area contributed by atoms with Crippen LogP contribution in [0.2, 0.25) is 0 Å². The minimum absolute atomic E-state index is 0.0768. The molecule has 0 aliphatic heterocycles. The van der Waals surface area contributed by atoms with Gasteiger partial charge in [0, 0.05) is 19.3 Å². The standard InChI is InChI=1S/C59H102O6/c1-4-7-10-13-15-17-19-20-21-22-23-24-25-26-27-28-29-30-31-32-33-34-35-36-37-38-40-41-43-46-49-52-58(61)64-55-56(54-63-57(60)51-48-45-12-9-6-3)65-59(62)53-50-47-44-42-39-18-16-14-11-8-5-2/h7,10,14-17,20-21,23-24,26-27,56H,4-6,8-9,11-13,18-19,22,25,28-55H2,1-3H3/b10-7-,16-14-,17-15-,21-20-,24-23-,27-26-. The summed E-state index contributed by atoms with van der Waals surface area (Å²) in [4.78, 5) is 37.6. The first kappa shape index (κ1) is 61.9. The molecule has 0 aromatic rings. The van der Waals surface area contributed by atoms with Gasteiger partial charge in [-0.25, -0.2) is 0 Å². The molecule has 0 aliphatic rings. The maximum atomic E-state index is 12.7. The zero-order valence-electron chi connectivity index (χ0n) is 42.7. The molecule has 0 amide bonds. The second kappa shape index (κ2) is 53.5. The van der Waals surface area contributed by atoms with Gasteiger partial charge in [-0.1, -0.05) is 235 Å². The molecule has 0 bridgehead atoms. The molecule has 6 heteroatoms. The van der Waals surface area contributed by atoms with Gasteiger partial charge in [0.25, 0.3) is 0 Å². The number of ether oxygens (including phenoxy) is 3. The average molecular weight is 907 g/mol. The lowest BCUT2D eigenvalue weighted by Crippen LogP contribution is -2.30. The fourth-order valence-corrected chi connectivity index (χ4v) is 7.57. The van der Waals surface area contributed by atoms with Crippen molar-refractivity contribution >= 4 is 17.9 Å². The third-order valence-corrected chi connectivity index (χ3v) is 11.7. The Bertz CT molecular complexity index is 1230. The van der Waals surface area contributed by atoms with E-state index in [2.05, 4.69) is 93.7 Å². The largest absolute Gasteiger partial charge is 0.462 e. The molecule has 65 heavy (non-hydrogen) atoms. The molecule has 374 valence electrons. The number of esters is 3. The lowest BCUT2D eigenvalue weighted by Gasteiger charge is -2.18. The van der Waals surface area contributed by atoms with Gasteiger partial charge >= 0.3 is 17.9 Å². The van der Waals surface area contributed by atoms with Crippen LogP contribution in [-0.2, 0) is 28.6 Å². The summed E-state index contributed by atoms with van der Waals surface area (Å²) in [6.45, 7) is 6.40. The molecule has 0 radical (unpaired) electrons. The van der Waals surface area contributed by atoms with Gasteiger partial charge in [-0.05, 0) is 83.5 Å². The fourth-order valence-electron chi connectivity index (χ4n) is 7.57. The summed E-state index contributed by atoms with van der Waals surface area (Å²) in [5, 5.41) is 0. The van der Waals surface area contributed by atoms with E-state index in [1.807, 2.05) is 0 Å².